The highest BCUT2D eigenvalue weighted by molar-refractivity contribution is 5.62. The summed E-state index contributed by atoms with van der Waals surface area (Å²) in [5, 5.41) is 1.27. The molecule has 1 saturated carbocycles. The second-order valence-electron chi connectivity index (χ2n) is 6.52. The molecule has 1 heterocycles. The van der Waals surface area contributed by atoms with Crippen molar-refractivity contribution >= 4 is 0 Å². The van der Waals surface area contributed by atoms with Gasteiger partial charge < -0.3 is 4.42 Å². The van der Waals surface area contributed by atoms with Crippen LogP contribution < -0.4 is 9.93 Å². The van der Waals surface area contributed by atoms with E-state index in [1.165, 1.54) is 54.3 Å². The van der Waals surface area contributed by atoms with Crippen LogP contribution in [0.3, 0.4) is 0 Å². The van der Waals surface area contributed by atoms with Gasteiger partial charge in [-0.25, -0.2) is 4.58 Å². The van der Waals surface area contributed by atoms with Crippen molar-refractivity contribution in [2.45, 2.75) is 58.8 Å². The topological polar surface area (TPSA) is 16.1 Å². The number of rotatable bonds is 3. The molecule has 0 radical (unpaired) electrons. The lowest BCUT2D eigenvalue weighted by Gasteiger charge is -2.22. The number of aryl methyl sites for hydroxylation is 1. The predicted molar refractivity (Wildman–Crippen MR) is 92.2 cm³/mol. The maximum atomic E-state index is 6.34. The van der Waals surface area contributed by atoms with Gasteiger partial charge >= 0.3 is 0 Å². The molecular weight excluding hydrogens is 270 g/mol. The van der Waals surface area contributed by atoms with Gasteiger partial charge in [0.15, 0.2) is 0 Å². The Balaban J connectivity index is 2.10. The molecule has 0 aromatic heterocycles. The fourth-order valence-corrected chi connectivity index (χ4v) is 3.74. The predicted octanol–water partition coefficient (Wildman–Crippen LogP) is 4.55. The van der Waals surface area contributed by atoms with E-state index in [4.69, 9.17) is 4.42 Å². The highest BCUT2D eigenvalue weighted by atomic mass is 16.3. The number of hydrogen-bond acceptors (Lipinski definition) is 1. The lowest BCUT2D eigenvalue weighted by Crippen LogP contribution is -2.29. The minimum absolute atomic E-state index is 0.619. The molecule has 0 bridgehead atoms. The minimum Gasteiger partial charge on any atom is -0.461 e. The maximum Gasteiger partial charge on any atom is 0.203 e. The molecule has 2 nitrogen and oxygen atoms in total. The Morgan fingerprint density at radius 3 is 2.45 bits per heavy atom. The largest absolute Gasteiger partial charge is 0.461 e. The van der Waals surface area contributed by atoms with Crippen molar-refractivity contribution in [3.8, 4) is 11.3 Å². The number of benzene rings is 1. The third-order valence-corrected chi connectivity index (χ3v) is 5.11. The van der Waals surface area contributed by atoms with Crippen molar-refractivity contribution < 1.29 is 4.42 Å². The Bertz CT molecular complexity index is 671. The summed E-state index contributed by atoms with van der Waals surface area (Å²) in [6.07, 6.45) is 6.64. The van der Waals surface area contributed by atoms with Crippen LogP contribution in [0.5, 0.6) is 0 Å². The van der Waals surface area contributed by atoms with Gasteiger partial charge in [-0.15, -0.1) is 0 Å². The average molecular weight is 298 g/mol. The van der Waals surface area contributed by atoms with Crippen LogP contribution in [0.4, 0.5) is 0 Å². The van der Waals surface area contributed by atoms with E-state index in [0.717, 1.165) is 18.8 Å². The van der Waals surface area contributed by atoms with Crippen LogP contribution in [0.15, 0.2) is 28.7 Å². The molecule has 3 rings (SSSR count). The van der Waals surface area contributed by atoms with Crippen molar-refractivity contribution in [2.24, 2.45) is 0 Å². The second kappa shape index (κ2) is 6.68. The van der Waals surface area contributed by atoms with Crippen molar-refractivity contribution in [3.05, 3.63) is 40.9 Å². The third-order valence-electron chi connectivity index (χ3n) is 5.11. The van der Waals surface area contributed by atoms with Crippen molar-refractivity contribution in [1.29, 1.82) is 0 Å². The fraction of sp³-hybridized carbons (Fsp3) is 0.550. The molecule has 0 unspecified atom stereocenters. The molecule has 1 aliphatic heterocycles. The Morgan fingerprint density at radius 1 is 1.05 bits per heavy atom. The molecule has 118 valence electrons. The minimum atomic E-state index is 0.619. The van der Waals surface area contributed by atoms with Gasteiger partial charge in [-0.05, 0) is 51.3 Å². The molecule has 1 fully saturated rings. The van der Waals surface area contributed by atoms with Crippen LogP contribution in [-0.4, -0.2) is 13.1 Å². The van der Waals surface area contributed by atoms with E-state index in [-0.39, 0.29) is 0 Å². The zero-order valence-electron chi connectivity index (χ0n) is 14.2. The number of hydrogen-bond donors (Lipinski definition) is 0. The molecule has 0 amide bonds. The van der Waals surface area contributed by atoms with Crippen LogP contribution in [0.1, 0.15) is 63.2 Å². The standard InChI is InChI=1S/C20H28NO/c1-4-21(5-2)17-11-12-18-15(3)13-19(22-20(18)14-17)16-9-7-6-8-10-16/h11-14,16H,4-10H2,1-3H3/q+1. The van der Waals surface area contributed by atoms with E-state index in [1.54, 1.807) is 0 Å². The van der Waals surface area contributed by atoms with Crippen molar-refractivity contribution in [2.75, 3.05) is 13.1 Å². The first-order chi connectivity index (χ1) is 10.7. The van der Waals surface area contributed by atoms with E-state index >= 15 is 0 Å². The zero-order chi connectivity index (χ0) is 15.5. The average Bonchev–Trinajstić information content (AvgIpc) is 2.56. The molecule has 0 N–H and O–H groups in total. The summed E-state index contributed by atoms with van der Waals surface area (Å²) in [5.41, 5.74) is 2.59. The monoisotopic (exact) mass is 298 g/mol. The summed E-state index contributed by atoms with van der Waals surface area (Å²) in [4.78, 5) is 0. The highest BCUT2D eigenvalue weighted by Gasteiger charge is 2.20. The maximum absolute atomic E-state index is 6.34. The quantitative estimate of drug-likeness (QED) is 0.759. The Hall–Kier alpha value is -1.57. The summed E-state index contributed by atoms with van der Waals surface area (Å²) >= 11 is 0. The molecular formula is C20H28NO+. The SMILES string of the molecule is CC[N+](CC)=c1ccc2c(C)cc(C3CCCCC3)oc-2c1. The smallest absolute Gasteiger partial charge is 0.203 e. The van der Waals surface area contributed by atoms with Gasteiger partial charge in [0, 0.05) is 17.5 Å². The number of fused-ring (bicyclic) bond motifs is 1. The van der Waals surface area contributed by atoms with Crippen molar-refractivity contribution in [3.63, 3.8) is 0 Å². The molecule has 2 aliphatic carbocycles. The zero-order valence-corrected chi connectivity index (χ0v) is 14.2. The molecule has 22 heavy (non-hydrogen) atoms. The van der Waals surface area contributed by atoms with E-state index in [0.29, 0.717) is 5.92 Å². The Morgan fingerprint density at radius 2 is 1.77 bits per heavy atom. The van der Waals surface area contributed by atoms with E-state index < -0.39 is 0 Å². The van der Waals surface area contributed by atoms with Crippen LogP contribution in [0.25, 0.3) is 11.3 Å². The molecule has 0 aromatic carbocycles. The number of nitrogens with zero attached hydrogens (tertiary/aromatic N) is 1. The molecule has 2 heteroatoms. The first-order valence-corrected chi connectivity index (χ1v) is 8.85. The van der Waals surface area contributed by atoms with Gasteiger partial charge in [0.1, 0.15) is 24.6 Å². The highest BCUT2D eigenvalue weighted by Crippen LogP contribution is 2.36. The van der Waals surface area contributed by atoms with E-state index in [2.05, 4.69) is 49.6 Å². The Labute approximate surface area is 133 Å². The van der Waals surface area contributed by atoms with E-state index in [1.807, 2.05) is 0 Å². The van der Waals surface area contributed by atoms with Gasteiger partial charge in [0.2, 0.25) is 5.36 Å². The Kier molecular flexibility index (Phi) is 4.66. The van der Waals surface area contributed by atoms with Crippen molar-refractivity contribution in [1.82, 2.24) is 4.58 Å². The summed E-state index contributed by atoms with van der Waals surface area (Å²) in [7, 11) is 0. The molecule has 0 aromatic rings. The normalized spacial score (nSPS) is 16.1. The molecule has 0 saturated heterocycles. The molecule has 0 atom stereocenters. The summed E-state index contributed by atoms with van der Waals surface area (Å²) in [6, 6.07) is 8.93. The first-order valence-electron chi connectivity index (χ1n) is 8.85. The summed E-state index contributed by atoms with van der Waals surface area (Å²) in [6.45, 7) is 8.68. The van der Waals surface area contributed by atoms with Crippen LogP contribution in [0, 0.1) is 6.92 Å². The molecule has 3 aliphatic rings. The van der Waals surface area contributed by atoms with E-state index in [9.17, 15) is 0 Å². The fourth-order valence-electron chi connectivity index (χ4n) is 3.74. The lowest BCUT2D eigenvalue weighted by atomic mass is 9.86. The summed E-state index contributed by atoms with van der Waals surface area (Å²) < 4.78 is 8.71. The first kappa shape index (κ1) is 15.3. The van der Waals surface area contributed by atoms with Gasteiger partial charge in [-0.3, -0.25) is 0 Å². The molecule has 0 spiro atoms. The van der Waals surface area contributed by atoms with Gasteiger partial charge in [0.05, 0.1) is 6.07 Å². The van der Waals surface area contributed by atoms with Gasteiger partial charge in [-0.2, -0.15) is 0 Å². The summed E-state index contributed by atoms with van der Waals surface area (Å²) in [5.74, 6) is 2.86. The van der Waals surface area contributed by atoms with Crippen LogP contribution in [-0.2, 0) is 0 Å². The van der Waals surface area contributed by atoms with Gasteiger partial charge in [0.25, 0.3) is 0 Å². The van der Waals surface area contributed by atoms with Crippen LogP contribution in [0.2, 0.25) is 0 Å². The van der Waals surface area contributed by atoms with Crippen LogP contribution >= 0.6 is 0 Å². The third kappa shape index (κ3) is 2.97. The lowest BCUT2D eigenvalue weighted by molar-refractivity contribution is 0.371. The second-order valence-corrected chi connectivity index (χ2v) is 6.52. The van der Waals surface area contributed by atoms with Gasteiger partial charge in [-0.1, -0.05) is 19.3 Å².